The quantitative estimate of drug-likeness (QED) is 0.0708. The minimum Gasteiger partial charge on any atom is -0.462 e. The molecule has 0 bridgehead atoms. The van der Waals surface area contributed by atoms with Crippen LogP contribution in [0.5, 0.6) is 5.75 Å². The van der Waals surface area contributed by atoms with E-state index in [1.54, 1.807) is 0 Å². The summed E-state index contributed by atoms with van der Waals surface area (Å²) in [6.45, 7) is -1.84. The smallest absolute Gasteiger partial charge is 0.462 e. The van der Waals surface area contributed by atoms with Crippen molar-refractivity contribution in [2.75, 3.05) is 18.9 Å². The lowest BCUT2D eigenvalue weighted by Crippen LogP contribution is -2.35. The Morgan fingerprint density at radius 2 is 1.51 bits per heavy atom. The standard InChI is InChI=1S/C22H27N5O16P2/c23-12-5-6-24-20-15(12)25-9-26(20)21-18(30)16(28)13(41-21)7-38-44(34,35)43-45(36,37)39-8-14-17(29)19(31)22(42-14)40-11-3-1-10(2-4-11)27(32)33/h1-6,9,13-14,16-19,21-22,28-31H,7-8H2,(H2,23,24)(H,34,35)(H,36,37)/t13?,14-,16-,17-,18-,19-,21-,22+/m1/s1. The number of rotatable bonds is 12. The molecule has 1 aromatic carbocycles. The van der Waals surface area contributed by atoms with Gasteiger partial charge in [0.05, 0.1) is 30.2 Å². The number of nitrogens with zero attached hydrogens (tertiary/aromatic N) is 4. The number of hydrogen-bond donors (Lipinski definition) is 7. The highest BCUT2D eigenvalue weighted by Gasteiger charge is 2.48. The Kier molecular flexibility index (Phi) is 9.55. The molecule has 8 N–H and O–H groups in total. The van der Waals surface area contributed by atoms with Gasteiger partial charge in [-0.1, -0.05) is 0 Å². The van der Waals surface area contributed by atoms with Crippen LogP contribution in [-0.2, 0) is 32.0 Å². The lowest BCUT2D eigenvalue weighted by Gasteiger charge is -2.20. The minimum absolute atomic E-state index is 0.0305. The molecule has 0 saturated carbocycles. The molecule has 246 valence electrons. The van der Waals surface area contributed by atoms with E-state index in [4.69, 9.17) is 24.5 Å². The van der Waals surface area contributed by atoms with Crippen LogP contribution in [0.1, 0.15) is 6.23 Å². The molecule has 45 heavy (non-hydrogen) atoms. The molecule has 2 aromatic heterocycles. The fourth-order valence-electron chi connectivity index (χ4n) is 4.48. The number of pyridine rings is 1. The number of hydrogen-bond acceptors (Lipinski definition) is 17. The van der Waals surface area contributed by atoms with E-state index in [1.165, 1.54) is 35.3 Å². The van der Waals surface area contributed by atoms with E-state index in [-0.39, 0.29) is 17.1 Å². The summed E-state index contributed by atoms with van der Waals surface area (Å²) in [7, 11) is -10.8. The van der Waals surface area contributed by atoms with Crippen LogP contribution in [0.4, 0.5) is 11.4 Å². The zero-order valence-electron chi connectivity index (χ0n) is 22.6. The van der Waals surface area contributed by atoms with E-state index in [0.717, 1.165) is 12.1 Å². The van der Waals surface area contributed by atoms with Gasteiger partial charge in [0.1, 0.15) is 47.9 Å². The molecule has 10 atom stereocenters. The van der Waals surface area contributed by atoms with Gasteiger partial charge in [-0.25, -0.2) is 19.1 Å². The van der Waals surface area contributed by atoms with Crippen molar-refractivity contribution in [3.05, 3.63) is 53.0 Å². The topological polar surface area (TPSA) is 311 Å². The number of non-ortho nitro benzene ring substituents is 1. The highest BCUT2D eigenvalue weighted by molar-refractivity contribution is 7.61. The number of nitro benzene ring substituents is 1. The number of nitrogens with two attached hydrogens (primary N) is 1. The third-order valence-corrected chi connectivity index (χ3v) is 9.33. The van der Waals surface area contributed by atoms with Gasteiger partial charge in [0.2, 0.25) is 6.29 Å². The number of imidazole rings is 1. The van der Waals surface area contributed by atoms with E-state index in [0.29, 0.717) is 11.2 Å². The van der Waals surface area contributed by atoms with Crippen LogP contribution in [0.25, 0.3) is 11.2 Å². The zero-order chi connectivity index (χ0) is 32.7. The number of aliphatic hydroxyl groups is 4. The van der Waals surface area contributed by atoms with E-state index < -0.39 is 82.9 Å². The van der Waals surface area contributed by atoms with Gasteiger partial charge in [0.15, 0.2) is 11.9 Å². The van der Waals surface area contributed by atoms with Crippen molar-refractivity contribution < 1.29 is 71.8 Å². The lowest BCUT2D eigenvalue weighted by molar-refractivity contribution is -0.384. The van der Waals surface area contributed by atoms with Gasteiger partial charge < -0.3 is 50.2 Å². The second-order valence-corrected chi connectivity index (χ2v) is 12.8. The molecule has 0 aliphatic carbocycles. The van der Waals surface area contributed by atoms with Crippen molar-refractivity contribution in [2.45, 2.75) is 49.1 Å². The number of phosphoric acid groups is 2. The Balaban J connectivity index is 1.13. The summed E-state index contributed by atoms with van der Waals surface area (Å²) in [4.78, 5) is 38.3. The summed E-state index contributed by atoms with van der Waals surface area (Å²) in [5.41, 5.74) is 6.43. The van der Waals surface area contributed by atoms with Crippen molar-refractivity contribution in [1.29, 1.82) is 0 Å². The normalized spacial score (nSPS) is 31.1. The molecular weight excluding hydrogens is 652 g/mol. The molecule has 2 fully saturated rings. The van der Waals surface area contributed by atoms with Crippen molar-refractivity contribution in [1.82, 2.24) is 14.5 Å². The fraction of sp³-hybridized carbons (Fsp3) is 0.455. The second-order valence-electron chi connectivity index (χ2n) is 9.77. The zero-order valence-corrected chi connectivity index (χ0v) is 24.4. The van der Waals surface area contributed by atoms with Crippen molar-refractivity contribution >= 4 is 38.2 Å². The maximum Gasteiger partial charge on any atom is 0.481 e. The number of aliphatic hydroxyl groups excluding tert-OH is 4. The van der Waals surface area contributed by atoms with Crippen LogP contribution in [0.2, 0.25) is 0 Å². The van der Waals surface area contributed by atoms with E-state index >= 15 is 0 Å². The largest absolute Gasteiger partial charge is 0.481 e. The molecule has 21 nitrogen and oxygen atoms in total. The second kappa shape index (κ2) is 12.9. The molecule has 23 heteroatoms. The molecular formula is C22H27N5O16P2. The summed E-state index contributed by atoms with van der Waals surface area (Å²) >= 11 is 0. The van der Waals surface area contributed by atoms with Gasteiger partial charge in [0.25, 0.3) is 5.69 Å². The summed E-state index contributed by atoms with van der Waals surface area (Å²) in [6.07, 6.45) is -9.70. The predicted octanol–water partition coefficient (Wildman–Crippen LogP) is -0.683. The molecule has 0 amide bonds. The van der Waals surface area contributed by atoms with Gasteiger partial charge >= 0.3 is 15.6 Å². The molecule has 2 saturated heterocycles. The van der Waals surface area contributed by atoms with Crippen molar-refractivity contribution in [3.8, 4) is 5.75 Å². The molecule has 2 aliphatic heterocycles. The van der Waals surface area contributed by atoms with Crippen LogP contribution in [0, 0.1) is 10.1 Å². The first-order valence-electron chi connectivity index (χ1n) is 12.8. The number of ether oxygens (including phenoxy) is 3. The molecule has 2 aliphatic rings. The maximum absolute atomic E-state index is 12.4. The number of nitrogen functional groups attached to an aromatic ring is 1. The Morgan fingerprint density at radius 3 is 2.13 bits per heavy atom. The van der Waals surface area contributed by atoms with Gasteiger partial charge in [0, 0.05) is 18.3 Å². The Labute approximate surface area is 251 Å². The van der Waals surface area contributed by atoms with Crippen LogP contribution in [0.3, 0.4) is 0 Å². The minimum atomic E-state index is -5.39. The summed E-state index contributed by atoms with van der Waals surface area (Å²) in [5.74, 6) is 0.0305. The Bertz CT molecular complexity index is 1630. The first kappa shape index (κ1) is 33.2. The van der Waals surface area contributed by atoms with Crippen LogP contribution >= 0.6 is 15.6 Å². The van der Waals surface area contributed by atoms with Crippen molar-refractivity contribution in [3.63, 3.8) is 0 Å². The first-order chi connectivity index (χ1) is 21.2. The summed E-state index contributed by atoms with van der Waals surface area (Å²) in [6, 6.07) is 6.17. The van der Waals surface area contributed by atoms with Gasteiger partial charge in [-0.2, -0.15) is 4.31 Å². The third kappa shape index (κ3) is 7.31. The third-order valence-electron chi connectivity index (χ3n) is 6.73. The summed E-state index contributed by atoms with van der Waals surface area (Å²) in [5, 5.41) is 52.1. The van der Waals surface area contributed by atoms with Gasteiger partial charge in [-0.3, -0.25) is 23.7 Å². The predicted molar refractivity (Wildman–Crippen MR) is 145 cm³/mol. The van der Waals surface area contributed by atoms with E-state index in [9.17, 15) is 49.5 Å². The molecule has 4 heterocycles. The number of aromatic nitrogens is 3. The van der Waals surface area contributed by atoms with Crippen LogP contribution in [-0.4, -0.2) is 106 Å². The maximum atomic E-state index is 12.4. The average Bonchev–Trinajstić information content (AvgIpc) is 3.61. The fourth-order valence-corrected chi connectivity index (χ4v) is 6.57. The molecule has 3 aromatic rings. The Morgan fingerprint density at radius 1 is 0.911 bits per heavy atom. The number of nitro groups is 1. The summed E-state index contributed by atoms with van der Waals surface area (Å²) < 4.78 is 55.8. The Hall–Kier alpha value is -3.14. The average molecular weight is 679 g/mol. The van der Waals surface area contributed by atoms with Crippen LogP contribution < -0.4 is 10.5 Å². The van der Waals surface area contributed by atoms with Gasteiger partial charge in [-0.15, -0.1) is 0 Å². The molecule has 5 rings (SSSR count). The molecule has 0 spiro atoms. The van der Waals surface area contributed by atoms with E-state index in [1.807, 2.05) is 0 Å². The SMILES string of the molecule is Nc1ccnc2c1ncn2[C@@H]1OC(COP(=O)(O)OP(=O)(O)OC[C@H]2O[C@H](Oc3ccc([N+](=O)[O-])cc3)[C@H](O)[C@@H]2O)[C@@H](O)[C@H]1O. The highest BCUT2D eigenvalue weighted by atomic mass is 31.3. The van der Waals surface area contributed by atoms with Crippen LogP contribution in [0.15, 0.2) is 42.9 Å². The number of phosphoric ester groups is 2. The van der Waals surface area contributed by atoms with Gasteiger partial charge in [-0.05, 0) is 18.2 Å². The molecule has 3 unspecified atom stereocenters. The number of benzene rings is 1. The lowest BCUT2D eigenvalue weighted by atomic mass is 10.1. The van der Waals surface area contributed by atoms with E-state index in [2.05, 4.69) is 18.8 Å². The van der Waals surface area contributed by atoms with Crippen molar-refractivity contribution in [2.24, 2.45) is 0 Å². The molecule has 0 radical (unpaired) electrons. The number of fused-ring (bicyclic) bond motifs is 1. The monoisotopic (exact) mass is 679 g/mol. The highest BCUT2D eigenvalue weighted by Crippen LogP contribution is 2.60. The number of anilines is 1. The first-order valence-corrected chi connectivity index (χ1v) is 15.8.